The number of nitrogens with zero attached hydrogens (tertiary/aromatic N) is 7. The number of pyridine rings is 1. The molecule has 1 amide bonds. The van der Waals surface area contributed by atoms with Crippen molar-refractivity contribution in [3.05, 3.63) is 77.6 Å². The van der Waals surface area contributed by atoms with Gasteiger partial charge in [-0.05, 0) is 62.3 Å². The fourth-order valence-corrected chi connectivity index (χ4v) is 6.25. The SMILES string of the molecule is CCC[C@@H]1CCCCN1C(=O)c1cncc(-c2cccc(-n3ncc(C(O)OC)c3C3(c4cn(C)nn4)CC3)c2)c1. The molecule has 1 aliphatic carbocycles. The van der Waals surface area contributed by atoms with Crippen LogP contribution in [0.3, 0.4) is 0 Å². The fraction of sp³-hybridized carbons (Fsp3) is 0.452. The van der Waals surface area contributed by atoms with Crippen molar-refractivity contribution in [2.75, 3.05) is 13.7 Å². The summed E-state index contributed by atoms with van der Waals surface area (Å²) in [5.41, 5.74) is 5.12. The third-order valence-corrected chi connectivity index (χ3v) is 8.50. The van der Waals surface area contributed by atoms with Crippen molar-refractivity contribution in [1.82, 2.24) is 34.7 Å². The summed E-state index contributed by atoms with van der Waals surface area (Å²) in [5.74, 6) is 0.0563. The minimum absolute atomic E-state index is 0.0563. The molecule has 1 saturated heterocycles. The molecular weight excluding hydrogens is 518 g/mol. The van der Waals surface area contributed by atoms with Gasteiger partial charge in [0.05, 0.1) is 39.8 Å². The lowest BCUT2D eigenvalue weighted by atomic mass is 9.94. The highest BCUT2D eigenvalue weighted by Gasteiger charge is 2.53. The number of carbonyl (C=O) groups excluding carboxylic acids is 1. The molecule has 0 radical (unpaired) electrons. The lowest BCUT2D eigenvalue weighted by Gasteiger charge is -2.35. The summed E-state index contributed by atoms with van der Waals surface area (Å²) < 4.78 is 8.87. The monoisotopic (exact) mass is 555 g/mol. The number of ether oxygens (including phenoxy) is 1. The smallest absolute Gasteiger partial charge is 0.255 e. The van der Waals surface area contributed by atoms with Gasteiger partial charge in [-0.2, -0.15) is 5.10 Å². The Labute approximate surface area is 240 Å². The number of rotatable bonds is 9. The van der Waals surface area contributed by atoms with Crippen molar-refractivity contribution in [3.8, 4) is 16.8 Å². The number of hydrogen-bond donors (Lipinski definition) is 1. The number of hydrogen-bond acceptors (Lipinski definition) is 7. The molecule has 2 fully saturated rings. The van der Waals surface area contributed by atoms with E-state index in [0.29, 0.717) is 17.2 Å². The number of piperidine rings is 1. The van der Waals surface area contributed by atoms with Gasteiger partial charge < -0.3 is 14.7 Å². The Kier molecular flexibility index (Phi) is 7.44. The summed E-state index contributed by atoms with van der Waals surface area (Å²) in [5, 5.41) is 24.0. The molecule has 2 aliphatic rings. The molecule has 4 heterocycles. The van der Waals surface area contributed by atoms with E-state index in [-0.39, 0.29) is 5.91 Å². The molecule has 3 aromatic heterocycles. The lowest BCUT2D eigenvalue weighted by Crippen LogP contribution is -2.43. The van der Waals surface area contributed by atoms with Crippen molar-refractivity contribution in [3.63, 3.8) is 0 Å². The van der Waals surface area contributed by atoms with Crippen LogP contribution in [0.2, 0.25) is 0 Å². The Morgan fingerprint density at radius 1 is 1.17 bits per heavy atom. The van der Waals surface area contributed by atoms with Crippen LogP contribution in [-0.2, 0) is 17.2 Å². The quantitative estimate of drug-likeness (QED) is 0.301. The number of aliphatic hydroxyl groups is 1. The van der Waals surface area contributed by atoms with Gasteiger partial charge in [0.25, 0.3) is 5.91 Å². The third-order valence-electron chi connectivity index (χ3n) is 8.50. The van der Waals surface area contributed by atoms with E-state index < -0.39 is 11.7 Å². The Balaban J connectivity index is 1.36. The highest BCUT2D eigenvalue weighted by atomic mass is 16.6. The van der Waals surface area contributed by atoms with E-state index in [1.165, 1.54) is 13.5 Å². The average Bonchev–Trinajstić information content (AvgIpc) is 3.47. The van der Waals surface area contributed by atoms with E-state index in [2.05, 4.69) is 22.2 Å². The van der Waals surface area contributed by atoms with E-state index in [1.54, 1.807) is 23.3 Å². The second-order valence-electron chi connectivity index (χ2n) is 11.3. The number of aromatic nitrogens is 6. The zero-order valence-corrected chi connectivity index (χ0v) is 23.9. The second-order valence-corrected chi connectivity index (χ2v) is 11.3. The summed E-state index contributed by atoms with van der Waals surface area (Å²) >= 11 is 0. The first-order valence-electron chi connectivity index (χ1n) is 14.5. The number of aryl methyl sites for hydroxylation is 1. The van der Waals surface area contributed by atoms with Gasteiger partial charge in [0.2, 0.25) is 0 Å². The maximum atomic E-state index is 13.6. The summed E-state index contributed by atoms with van der Waals surface area (Å²) in [7, 11) is 3.32. The van der Waals surface area contributed by atoms with Crippen molar-refractivity contribution in [1.29, 1.82) is 0 Å². The Bertz CT molecular complexity index is 1540. The molecule has 0 spiro atoms. The van der Waals surface area contributed by atoms with E-state index in [1.807, 2.05) is 53.2 Å². The Morgan fingerprint density at radius 2 is 2.02 bits per heavy atom. The van der Waals surface area contributed by atoms with Crippen molar-refractivity contribution < 1.29 is 14.6 Å². The molecule has 214 valence electrons. The minimum atomic E-state index is -1.12. The minimum Gasteiger partial charge on any atom is -0.364 e. The molecule has 1 N–H and O–H groups in total. The van der Waals surface area contributed by atoms with Crippen LogP contribution in [0.25, 0.3) is 16.8 Å². The van der Waals surface area contributed by atoms with E-state index in [0.717, 1.165) is 73.3 Å². The van der Waals surface area contributed by atoms with Gasteiger partial charge in [0, 0.05) is 50.9 Å². The molecule has 1 saturated carbocycles. The first-order valence-corrected chi connectivity index (χ1v) is 14.5. The third kappa shape index (κ3) is 5.06. The normalized spacial score (nSPS) is 18.8. The molecule has 2 atom stereocenters. The van der Waals surface area contributed by atoms with Gasteiger partial charge in [0.1, 0.15) is 0 Å². The van der Waals surface area contributed by atoms with Crippen molar-refractivity contribution >= 4 is 5.91 Å². The van der Waals surface area contributed by atoms with Gasteiger partial charge in [-0.25, -0.2) is 4.68 Å². The highest BCUT2D eigenvalue weighted by molar-refractivity contribution is 5.95. The number of amides is 1. The van der Waals surface area contributed by atoms with Crippen LogP contribution in [0.4, 0.5) is 0 Å². The zero-order chi connectivity index (χ0) is 28.6. The summed E-state index contributed by atoms with van der Waals surface area (Å²) in [6, 6.07) is 10.3. The topological polar surface area (TPSA) is 111 Å². The summed E-state index contributed by atoms with van der Waals surface area (Å²) in [6.07, 6.45) is 13.1. The number of carbonyl (C=O) groups is 1. The van der Waals surface area contributed by atoms with Crippen LogP contribution in [0, 0.1) is 0 Å². The molecule has 1 aliphatic heterocycles. The van der Waals surface area contributed by atoms with Crippen molar-refractivity contribution in [2.45, 2.75) is 69.6 Å². The van der Waals surface area contributed by atoms with Crippen molar-refractivity contribution in [2.24, 2.45) is 7.05 Å². The summed E-state index contributed by atoms with van der Waals surface area (Å²) in [4.78, 5) is 20.1. The van der Waals surface area contributed by atoms with Crippen LogP contribution in [0.15, 0.2) is 55.1 Å². The average molecular weight is 556 g/mol. The molecule has 6 rings (SSSR count). The molecule has 0 bridgehead atoms. The molecular formula is C31H37N7O3. The van der Waals surface area contributed by atoms with Crippen LogP contribution in [-0.4, -0.2) is 65.4 Å². The van der Waals surface area contributed by atoms with Crippen LogP contribution < -0.4 is 0 Å². The maximum Gasteiger partial charge on any atom is 0.255 e. The maximum absolute atomic E-state index is 13.6. The zero-order valence-electron chi connectivity index (χ0n) is 23.9. The lowest BCUT2D eigenvalue weighted by molar-refractivity contribution is -0.0777. The number of aliphatic hydroxyl groups excluding tert-OH is 1. The summed E-state index contributed by atoms with van der Waals surface area (Å²) in [6.45, 7) is 2.98. The second kappa shape index (κ2) is 11.2. The first kappa shape index (κ1) is 27.3. The molecule has 10 nitrogen and oxygen atoms in total. The van der Waals surface area contributed by atoms with Gasteiger partial charge in [-0.1, -0.05) is 30.7 Å². The predicted octanol–water partition coefficient (Wildman–Crippen LogP) is 4.57. The standard InChI is InChI=1S/C31H37N7O3/c1-4-8-24-10-5-6-14-37(24)29(39)23-15-22(17-32-18-23)21-9-7-11-25(16-21)38-28(26(19-33-38)30(40)41-3)31(12-13-31)27-20-36(2)35-34-27/h7,9,11,15-20,24,30,40H,4-6,8,10,12-14H2,1-3H3/t24-,30?/m1/s1. The number of benzene rings is 1. The number of methoxy groups -OCH3 is 1. The molecule has 10 heteroatoms. The van der Waals surface area contributed by atoms with Crippen LogP contribution in [0.1, 0.15) is 85.5 Å². The molecule has 4 aromatic rings. The van der Waals surface area contributed by atoms with E-state index in [9.17, 15) is 9.90 Å². The number of likely N-dealkylation sites (tertiary alicyclic amines) is 1. The van der Waals surface area contributed by atoms with Gasteiger partial charge >= 0.3 is 0 Å². The Hall–Kier alpha value is -3.89. The highest BCUT2D eigenvalue weighted by Crippen LogP contribution is 2.54. The van der Waals surface area contributed by atoms with Gasteiger partial charge in [-0.15, -0.1) is 5.10 Å². The van der Waals surface area contributed by atoms with E-state index >= 15 is 0 Å². The fourth-order valence-electron chi connectivity index (χ4n) is 6.25. The largest absolute Gasteiger partial charge is 0.364 e. The molecule has 1 aromatic carbocycles. The Morgan fingerprint density at radius 3 is 2.76 bits per heavy atom. The first-order chi connectivity index (χ1) is 19.9. The predicted molar refractivity (Wildman–Crippen MR) is 153 cm³/mol. The van der Waals surface area contributed by atoms with Crippen LogP contribution in [0.5, 0.6) is 0 Å². The molecule has 1 unspecified atom stereocenters. The van der Waals surface area contributed by atoms with E-state index in [4.69, 9.17) is 9.84 Å². The van der Waals surface area contributed by atoms with Gasteiger partial charge in [-0.3, -0.25) is 14.5 Å². The van der Waals surface area contributed by atoms with Crippen LogP contribution >= 0.6 is 0 Å². The van der Waals surface area contributed by atoms with Gasteiger partial charge in [0.15, 0.2) is 6.29 Å². The molecule has 41 heavy (non-hydrogen) atoms.